The van der Waals surface area contributed by atoms with Gasteiger partial charge in [-0.25, -0.2) is 4.79 Å². The van der Waals surface area contributed by atoms with E-state index in [1.807, 2.05) is 0 Å². The molecule has 1 aromatic heterocycles. The van der Waals surface area contributed by atoms with Crippen molar-refractivity contribution in [1.29, 1.82) is 0 Å². The fraction of sp³-hybridized carbons (Fsp3) is 0.737. The summed E-state index contributed by atoms with van der Waals surface area (Å²) < 4.78 is 39.3. The van der Waals surface area contributed by atoms with Gasteiger partial charge in [-0.15, -0.1) is 0 Å². The highest BCUT2D eigenvalue weighted by Crippen LogP contribution is 2.61. The van der Waals surface area contributed by atoms with E-state index in [2.05, 4.69) is 10.3 Å². The number of aromatic nitrogens is 2. The van der Waals surface area contributed by atoms with Gasteiger partial charge >= 0.3 is 12.1 Å². The first-order valence-electron chi connectivity index (χ1n) is 9.76. The van der Waals surface area contributed by atoms with Crippen LogP contribution in [0.15, 0.2) is 11.2 Å². The third kappa shape index (κ3) is 3.89. The molecule has 0 aromatic carbocycles. The fourth-order valence-corrected chi connectivity index (χ4v) is 5.95. The highest BCUT2D eigenvalue weighted by molar-refractivity contribution is 5.80. The van der Waals surface area contributed by atoms with Crippen molar-refractivity contribution in [3.8, 4) is 0 Å². The van der Waals surface area contributed by atoms with Crippen LogP contribution in [-0.4, -0.2) is 21.6 Å². The van der Waals surface area contributed by atoms with E-state index in [0.29, 0.717) is 12.1 Å². The maximum Gasteiger partial charge on any atom is 0.435 e. The number of carbonyl (C=O) groups excluding carboxylic acids is 1. The minimum atomic E-state index is -4.52. The molecule has 28 heavy (non-hydrogen) atoms. The summed E-state index contributed by atoms with van der Waals surface area (Å²) in [5.74, 6) is 1.69. The van der Waals surface area contributed by atoms with Gasteiger partial charge in [-0.3, -0.25) is 4.68 Å². The predicted octanol–water partition coefficient (Wildman–Crippen LogP) is 3.63. The van der Waals surface area contributed by atoms with Crippen LogP contribution in [0.4, 0.5) is 13.2 Å². The molecule has 9 heteroatoms. The van der Waals surface area contributed by atoms with E-state index in [-0.39, 0.29) is 17.8 Å². The molecule has 4 aliphatic carbocycles. The van der Waals surface area contributed by atoms with Gasteiger partial charge in [-0.2, -0.15) is 18.3 Å². The lowest BCUT2D eigenvalue weighted by molar-refractivity contribution is -0.152. The maximum absolute atomic E-state index is 12.7. The van der Waals surface area contributed by atoms with Gasteiger partial charge in [0.25, 0.3) is 0 Å². The van der Waals surface area contributed by atoms with E-state index in [1.54, 1.807) is 0 Å². The Morgan fingerprint density at radius 1 is 1.29 bits per heavy atom. The Labute approximate surface area is 161 Å². The summed E-state index contributed by atoms with van der Waals surface area (Å²) in [7, 11) is 0. The number of rotatable bonds is 5. The average Bonchev–Trinajstić information content (AvgIpc) is 2.92. The molecule has 0 atom stereocenters. The van der Waals surface area contributed by atoms with Crippen LogP contribution in [-0.2, 0) is 22.4 Å². The molecule has 0 saturated heterocycles. The molecule has 4 bridgehead atoms. The number of aryl methyl sites for hydroxylation is 1. The van der Waals surface area contributed by atoms with E-state index >= 15 is 0 Å². The second kappa shape index (κ2) is 6.77. The summed E-state index contributed by atoms with van der Waals surface area (Å²) in [6, 6.07) is 0.937. The third-order valence-corrected chi connectivity index (χ3v) is 6.53. The van der Waals surface area contributed by atoms with Crippen molar-refractivity contribution in [1.82, 2.24) is 9.78 Å². The van der Waals surface area contributed by atoms with Crippen LogP contribution in [0.5, 0.6) is 0 Å². The Morgan fingerprint density at radius 3 is 2.36 bits per heavy atom. The maximum atomic E-state index is 12.7. The molecule has 5 rings (SSSR count). The molecule has 4 fully saturated rings. The Hall–Kier alpha value is -2.06. The highest BCUT2D eigenvalue weighted by Gasteiger charge is 2.51. The predicted molar refractivity (Wildman–Crippen MR) is 94.9 cm³/mol. The average molecular weight is 398 g/mol. The number of hydrogen-bond acceptors (Lipinski definition) is 4. The van der Waals surface area contributed by atoms with Crippen molar-refractivity contribution >= 4 is 11.8 Å². The molecular weight excluding hydrogens is 373 g/mol. The SMILES string of the molecule is Cc1cc(C(F)(F)F)nn1C/C(N)=N\OC(=O)CC12CC3CC(CC(C3)C1)C2. The first-order valence-corrected chi connectivity index (χ1v) is 9.76. The second-order valence-electron chi connectivity index (χ2n) is 8.97. The summed E-state index contributed by atoms with van der Waals surface area (Å²) in [6.45, 7) is 1.32. The normalized spacial score (nSPS) is 32.0. The van der Waals surface area contributed by atoms with Crippen LogP contribution in [0.3, 0.4) is 0 Å². The van der Waals surface area contributed by atoms with Gasteiger partial charge in [0.2, 0.25) is 0 Å². The Bertz CT molecular complexity index is 764. The van der Waals surface area contributed by atoms with Crippen LogP contribution in [0.2, 0.25) is 0 Å². The van der Waals surface area contributed by atoms with E-state index < -0.39 is 17.8 Å². The Kier molecular flexibility index (Phi) is 4.66. The van der Waals surface area contributed by atoms with E-state index in [9.17, 15) is 18.0 Å². The Morgan fingerprint density at radius 2 is 1.86 bits per heavy atom. The minimum absolute atomic E-state index is 0.0380. The van der Waals surface area contributed by atoms with Crippen LogP contribution in [0, 0.1) is 30.1 Å². The van der Waals surface area contributed by atoms with Crippen molar-refractivity contribution in [3.05, 3.63) is 17.5 Å². The summed E-state index contributed by atoms with van der Waals surface area (Å²) in [4.78, 5) is 17.3. The largest absolute Gasteiger partial charge is 0.435 e. The number of oxime groups is 1. The van der Waals surface area contributed by atoms with Crippen molar-refractivity contribution in [2.45, 2.75) is 64.6 Å². The second-order valence-corrected chi connectivity index (χ2v) is 8.97. The molecule has 0 spiro atoms. The molecule has 0 aliphatic heterocycles. The number of hydrogen-bond donors (Lipinski definition) is 1. The van der Waals surface area contributed by atoms with Crippen LogP contribution < -0.4 is 5.73 Å². The van der Waals surface area contributed by atoms with Crippen LogP contribution in [0.1, 0.15) is 56.3 Å². The molecule has 4 aliphatic rings. The van der Waals surface area contributed by atoms with Crippen LogP contribution in [0.25, 0.3) is 0 Å². The smallest absolute Gasteiger partial charge is 0.383 e. The first-order chi connectivity index (χ1) is 13.1. The van der Waals surface area contributed by atoms with Crippen molar-refractivity contribution in [2.24, 2.45) is 34.1 Å². The van der Waals surface area contributed by atoms with Gasteiger partial charge in [-0.1, -0.05) is 5.16 Å². The van der Waals surface area contributed by atoms with Crippen molar-refractivity contribution in [2.75, 3.05) is 0 Å². The van der Waals surface area contributed by atoms with E-state index in [4.69, 9.17) is 10.6 Å². The summed E-state index contributed by atoms with van der Waals surface area (Å²) in [5.41, 5.74) is 5.08. The molecule has 6 nitrogen and oxygen atoms in total. The lowest BCUT2D eigenvalue weighted by Crippen LogP contribution is -2.47. The van der Waals surface area contributed by atoms with E-state index in [0.717, 1.165) is 47.8 Å². The number of halogens is 3. The fourth-order valence-electron chi connectivity index (χ4n) is 5.95. The molecule has 0 amide bonds. The number of nitrogens with zero attached hydrogens (tertiary/aromatic N) is 3. The quantitative estimate of drug-likeness (QED) is 0.355. The zero-order valence-electron chi connectivity index (χ0n) is 15.8. The van der Waals surface area contributed by atoms with Gasteiger partial charge in [0.15, 0.2) is 11.5 Å². The van der Waals surface area contributed by atoms with Crippen molar-refractivity contribution < 1.29 is 22.8 Å². The van der Waals surface area contributed by atoms with Gasteiger partial charge in [-0.05, 0) is 74.7 Å². The lowest BCUT2D eigenvalue weighted by atomic mass is 9.49. The van der Waals surface area contributed by atoms with Gasteiger partial charge in [0, 0.05) is 5.69 Å². The first kappa shape index (κ1) is 19.3. The Balaban J connectivity index is 1.34. The molecule has 154 valence electrons. The number of carbonyl (C=O) groups is 1. The van der Waals surface area contributed by atoms with Gasteiger partial charge in [0.05, 0.1) is 6.42 Å². The lowest BCUT2D eigenvalue weighted by Gasteiger charge is -2.56. The van der Waals surface area contributed by atoms with E-state index in [1.165, 1.54) is 26.2 Å². The summed E-state index contributed by atoms with van der Waals surface area (Å²) in [6.07, 6.45) is 2.95. The van der Waals surface area contributed by atoms with Crippen LogP contribution >= 0.6 is 0 Å². The number of nitrogens with two attached hydrogens (primary N) is 1. The summed E-state index contributed by atoms with van der Waals surface area (Å²) >= 11 is 0. The zero-order chi connectivity index (χ0) is 20.1. The summed E-state index contributed by atoms with van der Waals surface area (Å²) in [5, 5.41) is 7.12. The monoisotopic (exact) mass is 398 g/mol. The standard InChI is InChI=1S/C19H25F3N4O2/c1-11-2-15(19(20,21)22)24-26(11)10-16(23)25-28-17(27)9-18-6-12-3-13(7-18)5-14(4-12)8-18/h2,12-14H,3-10H2,1H3,(H2,23,25). The molecule has 0 unspecified atom stereocenters. The molecule has 1 aromatic rings. The zero-order valence-corrected chi connectivity index (χ0v) is 15.8. The molecule has 2 N–H and O–H groups in total. The molecule has 4 saturated carbocycles. The molecular formula is C19H25F3N4O2. The van der Waals surface area contributed by atoms with Gasteiger partial charge < -0.3 is 10.6 Å². The molecule has 1 heterocycles. The van der Waals surface area contributed by atoms with Gasteiger partial charge in [0.1, 0.15) is 6.54 Å². The number of amidine groups is 1. The third-order valence-electron chi connectivity index (χ3n) is 6.53. The molecule has 0 radical (unpaired) electrons. The highest BCUT2D eigenvalue weighted by atomic mass is 19.4. The topological polar surface area (TPSA) is 82.5 Å². The van der Waals surface area contributed by atoms with Crippen molar-refractivity contribution in [3.63, 3.8) is 0 Å². The number of alkyl halides is 3. The minimum Gasteiger partial charge on any atom is -0.383 e.